The molecule has 2 aliphatic rings. The Morgan fingerprint density at radius 1 is 1.23 bits per heavy atom. The normalized spacial score (nSPS) is 18.5. The van der Waals surface area contributed by atoms with Crippen molar-refractivity contribution in [2.75, 3.05) is 57.5 Å². The van der Waals surface area contributed by atoms with Crippen molar-refractivity contribution >= 4 is 23.5 Å². The molecule has 2 aliphatic heterocycles. The highest BCUT2D eigenvalue weighted by Crippen LogP contribution is 2.24. The van der Waals surface area contributed by atoms with Gasteiger partial charge in [-0.15, -0.1) is 0 Å². The second-order valence-corrected chi connectivity index (χ2v) is 5.42. The number of pyridine rings is 1. The second-order valence-electron chi connectivity index (χ2n) is 5.03. The lowest BCUT2D eigenvalue weighted by atomic mass is 10.3. The molecule has 1 amide bonds. The predicted octanol–water partition coefficient (Wildman–Crippen LogP) is 1.40. The van der Waals surface area contributed by atoms with E-state index in [1.807, 2.05) is 6.07 Å². The Morgan fingerprint density at radius 3 is 2.77 bits per heavy atom. The topological polar surface area (TPSA) is 64.1 Å². The number of amides is 1. The van der Waals surface area contributed by atoms with Crippen LogP contribution >= 0.6 is 11.6 Å². The first-order valence-corrected chi connectivity index (χ1v) is 7.65. The van der Waals surface area contributed by atoms with Gasteiger partial charge in [-0.05, 0) is 0 Å². The molecule has 3 heterocycles. The molecule has 0 radical (unpaired) electrons. The quantitative estimate of drug-likeness (QED) is 0.762. The zero-order valence-electron chi connectivity index (χ0n) is 12.2. The molecule has 0 bridgehead atoms. The minimum Gasteiger partial charge on any atom is -0.491 e. The SMILES string of the molecule is O=C1OCCN1CCOc1cc(Cl)nc(N2CCOCC2)c1. The first-order valence-electron chi connectivity index (χ1n) is 7.27. The Morgan fingerprint density at radius 2 is 2.05 bits per heavy atom. The molecule has 0 N–H and O–H groups in total. The van der Waals surface area contributed by atoms with Crippen LogP contribution in [-0.2, 0) is 9.47 Å². The van der Waals surface area contributed by atoms with Gasteiger partial charge in [0.2, 0.25) is 0 Å². The molecule has 0 saturated carbocycles. The molecule has 3 rings (SSSR count). The summed E-state index contributed by atoms with van der Waals surface area (Å²) in [5, 5.41) is 0.388. The first kappa shape index (κ1) is 15.2. The molecule has 8 heteroatoms. The minimum absolute atomic E-state index is 0.287. The van der Waals surface area contributed by atoms with E-state index in [2.05, 4.69) is 9.88 Å². The summed E-state index contributed by atoms with van der Waals surface area (Å²) in [6.45, 7) is 4.87. The maximum absolute atomic E-state index is 11.3. The second kappa shape index (κ2) is 7.02. The van der Waals surface area contributed by atoms with Crippen molar-refractivity contribution in [1.82, 2.24) is 9.88 Å². The van der Waals surface area contributed by atoms with Gasteiger partial charge in [-0.1, -0.05) is 11.6 Å². The van der Waals surface area contributed by atoms with Gasteiger partial charge in [0, 0.05) is 25.2 Å². The number of rotatable bonds is 5. The van der Waals surface area contributed by atoms with Crippen molar-refractivity contribution in [2.45, 2.75) is 0 Å². The number of nitrogens with zero attached hydrogens (tertiary/aromatic N) is 3. The van der Waals surface area contributed by atoms with Crippen LogP contribution in [-0.4, -0.2) is 68.6 Å². The Balaban J connectivity index is 1.58. The van der Waals surface area contributed by atoms with Gasteiger partial charge in [0.15, 0.2) is 0 Å². The highest BCUT2D eigenvalue weighted by molar-refractivity contribution is 6.29. The van der Waals surface area contributed by atoms with E-state index in [-0.39, 0.29) is 6.09 Å². The summed E-state index contributed by atoms with van der Waals surface area (Å²) < 4.78 is 15.9. The van der Waals surface area contributed by atoms with E-state index in [9.17, 15) is 4.79 Å². The summed E-state index contributed by atoms with van der Waals surface area (Å²) in [7, 11) is 0. The Hall–Kier alpha value is -1.73. The zero-order chi connectivity index (χ0) is 15.4. The van der Waals surface area contributed by atoms with Crippen LogP contribution in [0.3, 0.4) is 0 Å². The summed E-state index contributed by atoms with van der Waals surface area (Å²) >= 11 is 6.06. The van der Waals surface area contributed by atoms with Gasteiger partial charge in [0.1, 0.15) is 29.9 Å². The average molecular weight is 328 g/mol. The lowest BCUT2D eigenvalue weighted by Crippen LogP contribution is -2.36. The number of anilines is 1. The molecule has 0 atom stereocenters. The van der Waals surface area contributed by atoms with E-state index in [1.165, 1.54) is 0 Å². The van der Waals surface area contributed by atoms with Crippen LogP contribution in [0, 0.1) is 0 Å². The summed E-state index contributed by atoms with van der Waals surface area (Å²) in [4.78, 5) is 19.4. The predicted molar refractivity (Wildman–Crippen MR) is 80.7 cm³/mol. The van der Waals surface area contributed by atoms with Gasteiger partial charge in [0.05, 0.1) is 26.3 Å². The zero-order valence-corrected chi connectivity index (χ0v) is 12.9. The van der Waals surface area contributed by atoms with Gasteiger partial charge in [-0.2, -0.15) is 0 Å². The lowest BCUT2D eigenvalue weighted by molar-refractivity contribution is 0.122. The van der Waals surface area contributed by atoms with Crippen LogP contribution in [0.5, 0.6) is 5.75 Å². The third kappa shape index (κ3) is 3.72. The van der Waals surface area contributed by atoms with Crippen LogP contribution in [0.25, 0.3) is 0 Å². The monoisotopic (exact) mass is 327 g/mol. The number of halogens is 1. The van der Waals surface area contributed by atoms with Crippen molar-refractivity contribution in [3.05, 3.63) is 17.3 Å². The lowest BCUT2D eigenvalue weighted by Gasteiger charge is -2.28. The number of carbonyl (C=O) groups excluding carboxylic acids is 1. The number of morpholine rings is 1. The van der Waals surface area contributed by atoms with Gasteiger partial charge < -0.3 is 24.0 Å². The fourth-order valence-electron chi connectivity index (χ4n) is 2.40. The maximum Gasteiger partial charge on any atom is 0.410 e. The molecule has 1 aromatic heterocycles. The first-order chi connectivity index (χ1) is 10.7. The van der Waals surface area contributed by atoms with Crippen LogP contribution < -0.4 is 9.64 Å². The summed E-state index contributed by atoms with van der Waals surface area (Å²) in [6.07, 6.45) is -0.287. The van der Waals surface area contributed by atoms with Crippen LogP contribution in [0.1, 0.15) is 0 Å². The maximum atomic E-state index is 11.3. The number of carbonyl (C=O) groups is 1. The largest absolute Gasteiger partial charge is 0.491 e. The molecule has 2 saturated heterocycles. The highest BCUT2D eigenvalue weighted by Gasteiger charge is 2.21. The summed E-state index contributed by atoms with van der Waals surface area (Å²) in [6, 6.07) is 3.54. The number of aromatic nitrogens is 1. The van der Waals surface area contributed by atoms with Crippen LogP contribution in [0.2, 0.25) is 5.15 Å². The van der Waals surface area contributed by atoms with Crippen molar-refractivity contribution in [1.29, 1.82) is 0 Å². The van der Waals surface area contributed by atoms with Gasteiger partial charge in [-0.25, -0.2) is 9.78 Å². The molecule has 0 unspecified atom stereocenters. The van der Waals surface area contributed by atoms with E-state index in [0.29, 0.717) is 50.4 Å². The fourth-order valence-corrected chi connectivity index (χ4v) is 2.59. The van der Waals surface area contributed by atoms with Gasteiger partial charge in [0.25, 0.3) is 0 Å². The smallest absolute Gasteiger partial charge is 0.410 e. The molecule has 120 valence electrons. The van der Waals surface area contributed by atoms with E-state index >= 15 is 0 Å². The molecular weight excluding hydrogens is 310 g/mol. The molecule has 22 heavy (non-hydrogen) atoms. The van der Waals surface area contributed by atoms with E-state index < -0.39 is 0 Å². The van der Waals surface area contributed by atoms with E-state index in [4.69, 9.17) is 25.8 Å². The van der Waals surface area contributed by atoms with Gasteiger partial charge >= 0.3 is 6.09 Å². The fraction of sp³-hybridized carbons (Fsp3) is 0.571. The molecule has 7 nitrogen and oxygen atoms in total. The van der Waals surface area contributed by atoms with Gasteiger partial charge in [-0.3, -0.25) is 0 Å². The van der Waals surface area contributed by atoms with E-state index in [0.717, 1.165) is 18.9 Å². The van der Waals surface area contributed by atoms with E-state index in [1.54, 1.807) is 11.0 Å². The van der Waals surface area contributed by atoms with Crippen molar-refractivity contribution in [3.63, 3.8) is 0 Å². The summed E-state index contributed by atoms with van der Waals surface area (Å²) in [5.74, 6) is 1.43. The van der Waals surface area contributed by atoms with Crippen molar-refractivity contribution < 1.29 is 19.0 Å². The van der Waals surface area contributed by atoms with Crippen molar-refractivity contribution in [2.24, 2.45) is 0 Å². The standard InChI is InChI=1S/C14H18ClN3O4/c15-12-9-11(21-7-3-18-4-8-22-14(18)19)10-13(16-12)17-1-5-20-6-2-17/h9-10H,1-8H2. The Labute approximate surface area is 133 Å². The Bertz CT molecular complexity index is 537. The molecule has 2 fully saturated rings. The number of hydrogen-bond acceptors (Lipinski definition) is 6. The summed E-state index contributed by atoms with van der Waals surface area (Å²) in [5.41, 5.74) is 0. The molecule has 1 aromatic rings. The van der Waals surface area contributed by atoms with Crippen LogP contribution in [0.15, 0.2) is 12.1 Å². The number of hydrogen-bond donors (Lipinski definition) is 0. The number of ether oxygens (including phenoxy) is 3. The highest BCUT2D eigenvalue weighted by atomic mass is 35.5. The third-order valence-corrected chi connectivity index (χ3v) is 3.76. The number of cyclic esters (lactones) is 1. The Kier molecular flexibility index (Phi) is 4.84. The minimum atomic E-state index is -0.287. The molecule has 0 aliphatic carbocycles. The molecule has 0 aromatic carbocycles. The molecular formula is C14H18ClN3O4. The third-order valence-electron chi connectivity index (χ3n) is 3.56. The van der Waals surface area contributed by atoms with Crippen LogP contribution in [0.4, 0.5) is 10.6 Å². The molecule has 0 spiro atoms. The average Bonchev–Trinajstić information content (AvgIpc) is 2.93. The van der Waals surface area contributed by atoms with Crippen molar-refractivity contribution in [3.8, 4) is 5.75 Å².